The molecule has 18 heavy (non-hydrogen) atoms. The van der Waals surface area contributed by atoms with Gasteiger partial charge in [-0.3, -0.25) is 0 Å². The van der Waals surface area contributed by atoms with Crippen LogP contribution >= 0.6 is 0 Å². The van der Waals surface area contributed by atoms with Gasteiger partial charge in [0.1, 0.15) is 0 Å². The fourth-order valence-electron chi connectivity index (χ4n) is 3.33. The third-order valence-electron chi connectivity index (χ3n) is 4.45. The zero-order valence-corrected chi connectivity index (χ0v) is 12.0. The molecule has 1 saturated carbocycles. The molecule has 1 aliphatic carbocycles. The molecule has 2 unspecified atom stereocenters. The van der Waals surface area contributed by atoms with E-state index in [2.05, 4.69) is 19.2 Å². The Hall–Kier alpha value is -0.120. The second-order valence-electron chi connectivity index (χ2n) is 5.82. The zero-order chi connectivity index (χ0) is 12.8. The highest BCUT2D eigenvalue weighted by atomic mass is 16.5. The summed E-state index contributed by atoms with van der Waals surface area (Å²) in [6.45, 7) is 9.14. The van der Waals surface area contributed by atoms with Crippen molar-refractivity contribution < 1.29 is 9.47 Å². The van der Waals surface area contributed by atoms with Crippen LogP contribution in [0.2, 0.25) is 0 Å². The van der Waals surface area contributed by atoms with Crippen LogP contribution in [0.4, 0.5) is 0 Å². The van der Waals surface area contributed by atoms with Gasteiger partial charge in [0.05, 0.1) is 6.10 Å². The Morgan fingerprint density at radius 2 is 2.17 bits per heavy atom. The van der Waals surface area contributed by atoms with Crippen LogP contribution < -0.4 is 5.32 Å². The summed E-state index contributed by atoms with van der Waals surface area (Å²) in [5.74, 6) is 0.846. The SMILES string of the molecule is CCNCC1(CCCOCC)CCOC1C1CC1. The molecular weight excluding hydrogens is 226 g/mol. The molecule has 106 valence electrons. The van der Waals surface area contributed by atoms with E-state index in [1.54, 1.807) is 0 Å². The number of ether oxygens (including phenoxy) is 2. The molecule has 2 rings (SSSR count). The van der Waals surface area contributed by atoms with E-state index in [-0.39, 0.29) is 0 Å². The maximum atomic E-state index is 6.07. The first-order valence-corrected chi connectivity index (χ1v) is 7.72. The van der Waals surface area contributed by atoms with Gasteiger partial charge in [0.2, 0.25) is 0 Å². The summed E-state index contributed by atoms with van der Waals surface area (Å²) in [6, 6.07) is 0. The quantitative estimate of drug-likeness (QED) is 0.642. The summed E-state index contributed by atoms with van der Waals surface area (Å²) >= 11 is 0. The third kappa shape index (κ3) is 3.46. The fraction of sp³-hybridized carbons (Fsp3) is 1.00. The Balaban J connectivity index is 1.88. The van der Waals surface area contributed by atoms with E-state index in [0.29, 0.717) is 11.5 Å². The Kier molecular flexibility index (Phi) is 5.46. The van der Waals surface area contributed by atoms with Crippen LogP contribution in [0, 0.1) is 11.3 Å². The topological polar surface area (TPSA) is 30.5 Å². The highest BCUT2D eigenvalue weighted by Crippen LogP contribution is 2.49. The predicted molar refractivity (Wildman–Crippen MR) is 73.8 cm³/mol. The number of rotatable bonds is 9. The third-order valence-corrected chi connectivity index (χ3v) is 4.45. The molecule has 0 amide bonds. The molecule has 0 aromatic carbocycles. The monoisotopic (exact) mass is 255 g/mol. The zero-order valence-electron chi connectivity index (χ0n) is 12.0. The highest BCUT2D eigenvalue weighted by molar-refractivity contribution is 5.00. The molecule has 2 fully saturated rings. The van der Waals surface area contributed by atoms with Crippen LogP contribution in [0.15, 0.2) is 0 Å². The molecule has 1 heterocycles. The maximum Gasteiger partial charge on any atom is 0.0672 e. The highest BCUT2D eigenvalue weighted by Gasteiger charge is 2.50. The molecule has 1 saturated heterocycles. The first-order chi connectivity index (χ1) is 8.82. The van der Waals surface area contributed by atoms with E-state index in [1.165, 1.54) is 32.1 Å². The van der Waals surface area contributed by atoms with Crippen molar-refractivity contribution in [1.29, 1.82) is 0 Å². The van der Waals surface area contributed by atoms with Crippen molar-refractivity contribution in [2.75, 3.05) is 32.9 Å². The van der Waals surface area contributed by atoms with Gasteiger partial charge in [-0.15, -0.1) is 0 Å². The molecule has 0 aromatic rings. The Morgan fingerprint density at radius 3 is 2.83 bits per heavy atom. The molecule has 2 aliphatic rings. The Labute approximate surface area is 112 Å². The van der Waals surface area contributed by atoms with Gasteiger partial charge in [-0.25, -0.2) is 0 Å². The van der Waals surface area contributed by atoms with Gasteiger partial charge in [0, 0.05) is 31.8 Å². The van der Waals surface area contributed by atoms with Gasteiger partial charge in [-0.05, 0) is 51.5 Å². The largest absolute Gasteiger partial charge is 0.382 e. The van der Waals surface area contributed by atoms with Gasteiger partial charge in [-0.1, -0.05) is 6.92 Å². The van der Waals surface area contributed by atoms with Crippen molar-refractivity contribution in [2.45, 2.75) is 52.1 Å². The standard InChI is InChI=1S/C15H29NO2/c1-3-16-12-15(8-5-10-17-4-2)9-11-18-14(15)13-6-7-13/h13-14,16H,3-12H2,1-2H3. The smallest absolute Gasteiger partial charge is 0.0672 e. The Morgan fingerprint density at radius 1 is 1.33 bits per heavy atom. The van der Waals surface area contributed by atoms with Gasteiger partial charge in [0.25, 0.3) is 0 Å². The van der Waals surface area contributed by atoms with E-state index in [9.17, 15) is 0 Å². The normalized spacial score (nSPS) is 32.0. The molecule has 0 spiro atoms. The molecule has 3 heteroatoms. The average molecular weight is 255 g/mol. The second kappa shape index (κ2) is 6.88. The lowest BCUT2D eigenvalue weighted by molar-refractivity contribution is 0.0212. The lowest BCUT2D eigenvalue weighted by Crippen LogP contribution is -2.42. The minimum absolute atomic E-state index is 0.383. The first-order valence-electron chi connectivity index (χ1n) is 7.72. The van der Waals surface area contributed by atoms with Crippen LogP contribution in [0.3, 0.4) is 0 Å². The summed E-state index contributed by atoms with van der Waals surface area (Å²) in [6.07, 6.45) is 6.92. The van der Waals surface area contributed by atoms with Gasteiger partial charge in [0.15, 0.2) is 0 Å². The summed E-state index contributed by atoms with van der Waals surface area (Å²) in [5, 5.41) is 3.56. The molecule has 1 N–H and O–H groups in total. The van der Waals surface area contributed by atoms with E-state index in [0.717, 1.165) is 38.8 Å². The van der Waals surface area contributed by atoms with Crippen molar-refractivity contribution in [3.63, 3.8) is 0 Å². The van der Waals surface area contributed by atoms with E-state index in [4.69, 9.17) is 9.47 Å². The van der Waals surface area contributed by atoms with Crippen LogP contribution in [0.5, 0.6) is 0 Å². The molecule has 1 aliphatic heterocycles. The lowest BCUT2D eigenvalue weighted by Gasteiger charge is -2.35. The van der Waals surface area contributed by atoms with Gasteiger partial charge >= 0.3 is 0 Å². The molecule has 0 aromatic heterocycles. The average Bonchev–Trinajstić information content (AvgIpc) is 3.14. The van der Waals surface area contributed by atoms with Crippen molar-refractivity contribution in [3.8, 4) is 0 Å². The summed E-state index contributed by atoms with van der Waals surface area (Å²) in [7, 11) is 0. The molecule has 0 radical (unpaired) electrons. The predicted octanol–water partition coefficient (Wildman–Crippen LogP) is 2.60. The fourth-order valence-corrected chi connectivity index (χ4v) is 3.33. The second-order valence-corrected chi connectivity index (χ2v) is 5.82. The van der Waals surface area contributed by atoms with Crippen LogP contribution in [0.1, 0.15) is 46.0 Å². The minimum Gasteiger partial charge on any atom is -0.382 e. The van der Waals surface area contributed by atoms with Crippen molar-refractivity contribution >= 4 is 0 Å². The molecule has 3 nitrogen and oxygen atoms in total. The van der Waals surface area contributed by atoms with Gasteiger partial charge < -0.3 is 14.8 Å². The van der Waals surface area contributed by atoms with Crippen molar-refractivity contribution in [2.24, 2.45) is 11.3 Å². The van der Waals surface area contributed by atoms with Crippen LogP contribution in [-0.4, -0.2) is 39.0 Å². The summed E-state index contributed by atoms with van der Waals surface area (Å²) in [4.78, 5) is 0. The van der Waals surface area contributed by atoms with Crippen LogP contribution in [-0.2, 0) is 9.47 Å². The van der Waals surface area contributed by atoms with E-state index in [1.807, 2.05) is 0 Å². The summed E-state index contributed by atoms with van der Waals surface area (Å²) < 4.78 is 11.6. The minimum atomic E-state index is 0.383. The van der Waals surface area contributed by atoms with Gasteiger partial charge in [-0.2, -0.15) is 0 Å². The van der Waals surface area contributed by atoms with Crippen molar-refractivity contribution in [3.05, 3.63) is 0 Å². The summed E-state index contributed by atoms with van der Waals surface area (Å²) in [5.41, 5.74) is 0.383. The molecule has 0 bridgehead atoms. The molecular formula is C15H29NO2. The number of hydrogen-bond acceptors (Lipinski definition) is 3. The van der Waals surface area contributed by atoms with E-state index >= 15 is 0 Å². The number of nitrogens with one attached hydrogen (secondary N) is 1. The number of hydrogen-bond donors (Lipinski definition) is 1. The van der Waals surface area contributed by atoms with Crippen molar-refractivity contribution in [1.82, 2.24) is 5.32 Å². The maximum absolute atomic E-state index is 6.07. The first kappa shape index (κ1) is 14.3. The molecule has 2 atom stereocenters. The van der Waals surface area contributed by atoms with E-state index < -0.39 is 0 Å². The Bertz CT molecular complexity index is 243. The van der Waals surface area contributed by atoms with Crippen LogP contribution in [0.25, 0.3) is 0 Å². The lowest BCUT2D eigenvalue weighted by atomic mass is 9.75.